The normalized spacial score (nSPS) is 18.5. The van der Waals surface area contributed by atoms with E-state index in [1.165, 1.54) is 12.4 Å². The molecule has 0 radical (unpaired) electrons. The number of aliphatic hydroxyl groups is 1. The number of nitrogens with one attached hydrogen (secondary N) is 3. The molecule has 2 aromatic rings. The standard InChI is InChI=1S/C24H31FN6O2/c1-14(2)29-20-10-21(31-22-19(25)9-15(11-26)12-28-22)27-13-18(20)23(32)30-17-7-5-16(6-8-17)24(3,4)33/h9-10,12-14,16-17,33H,5-8H2,1-4H3,(H,30,32)(H2,27,28,29,31)/t16-,17-. The highest BCUT2D eigenvalue weighted by Gasteiger charge is 2.32. The Balaban J connectivity index is 1.74. The largest absolute Gasteiger partial charge is 0.390 e. The van der Waals surface area contributed by atoms with Gasteiger partial charge in [-0.25, -0.2) is 14.4 Å². The molecule has 1 aliphatic rings. The molecule has 0 aliphatic heterocycles. The van der Waals surface area contributed by atoms with E-state index in [0.717, 1.165) is 31.7 Å². The fraction of sp³-hybridized carbons (Fsp3) is 0.500. The highest BCUT2D eigenvalue weighted by atomic mass is 19.1. The van der Waals surface area contributed by atoms with Gasteiger partial charge in [0.2, 0.25) is 0 Å². The van der Waals surface area contributed by atoms with Crippen molar-refractivity contribution in [2.75, 3.05) is 10.6 Å². The highest BCUT2D eigenvalue weighted by molar-refractivity contribution is 6.00. The number of carbonyl (C=O) groups is 1. The first-order chi connectivity index (χ1) is 15.6. The van der Waals surface area contributed by atoms with Gasteiger partial charge in [-0.05, 0) is 65.4 Å². The third kappa shape index (κ3) is 6.39. The van der Waals surface area contributed by atoms with Crippen LogP contribution in [-0.4, -0.2) is 38.7 Å². The Morgan fingerprint density at radius 2 is 1.91 bits per heavy atom. The highest BCUT2D eigenvalue weighted by Crippen LogP contribution is 2.33. The van der Waals surface area contributed by atoms with E-state index >= 15 is 0 Å². The molecule has 0 atom stereocenters. The van der Waals surface area contributed by atoms with Crippen molar-refractivity contribution in [2.24, 2.45) is 5.92 Å². The maximum absolute atomic E-state index is 14.2. The predicted molar refractivity (Wildman–Crippen MR) is 125 cm³/mol. The Hall–Kier alpha value is -3.25. The molecule has 1 amide bonds. The van der Waals surface area contributed by atoms with Crippen LogP contribution in [0.15, 0.2) is 24.5 Å². The van der Waals surface area contributed by atoms with Gasteiger partial charge in [-0.2, -0.15) is 5.26 Å². The minimum atomic E-state index is -0.709. The van der Waals surface area contributed by atoms with Crippen molar-refractivity contribution in [1.29, 1.82) is 5.26 Å². The van der Waals surface area contributed by atoms with Crippen LogP contribution in [0.5, 0.6) is 0 Å². The molecule has 3 rings (SSSR count). The van der Waals surface area contributed by atoms with Crippen molar-refractivity contribution in [3.8, 4) is 6.07 Å². The molecular formula is C24H31FN6O2. The number of nitriles is 1. The van der Waals surface area contributed by atoms with Crippen LogP contribution in [0.4, 0.5) is 21.7 Å². The summed E-state index contributed by atoms with van der Waals surface area (Å²) in [6.07, 6.45) is 6.05. The summed E-state index contributed by atoms with van der Waals surface area (Å²) in [6, 6.07) is 4.67. The van der Waals surface area contributed by atoms with Crippen molar-refractivity contribution >= 4 is 23.2 Å². The van der Waals surface area contributed by atoms with Crippen LogP contribution >= 0.6 is 0 Å². The lowest BCUT2D eigenvalue weighted by atomic mass is 9.77. The van der Waals surface area contributed by atoms with Crippen molar-refractivity contribution in [3.05, 3.63) is 41.5 Å². The van der Waals surface area contributed by atoms with Gasteiger partial charge in [0.25, 0.3) is 5.91 Å². The van der Waals surface area contributed by atoms with Crippen LogP contribution in [0.25, 0.3) is 0 Å². The molecule has 0 bridgehead atoms. The average Bonchev–Trinajstić information content (AvgIpc) is 2.74. The topological polar surface area (TPSA) is 123 Å². The van der Waals surface area contributed by atoms with E-state index < -0.39 is 11.4 Å². The van der Waals surface area contributed by atoms with E-state index in [2.05, 4.69) is 25.9 Å². The maximum Gasteiger partial charge on any atom is 0.255 e. The smallest absolute Gasteiger partial charge is 0.255 e. The van der Waals surface area contributed by atoms with Crippen molar-refractivity contribution in [2.45, 2.75) is 71.1 Å². The van der Waals surface area contributed by atoms with Gasteiger partial charge in [0.1, 0.15) is 11.9 Å². The molecule has 0 aromatic carbocycles. The molecule has 9 heteroatoms. The van der Waals surface area contributed by atoms with Gasteiger partial charge in [-0.1, -0.05) is 0 Å². The number of pyridine rings is 2. The van der Waals surface area contributed by atoms with Gasteiger partial charge in [0, 0.05) is 30.5 Å². The summed E-state index contributed by atoms with van der Waals surface area (Å²) in [5, 5.41) is 28.2. The van der Waals surface area contributed by atoms with E-state index in [1.807, 2.05) is 33.8 Å². The number of aromatic nitrogens is 2. The summed E-state index contributed by atoms with van der Waals surface area (Å²) >= 11 is 0. The molecule has 0 unspecified atom stereocenters. The zero-order valence-corrected chi connectivity index (χ0v) is 19.4. The van der Waals surface area contributed by atoms with Crippen molar-refractivity contribution in [3.63, 3.8) is 0 Å². The summed E-state index contributed by atoms with van der Waals surface area (Å²) < 4.78 is 14.2. The number of amides is 1. The molecule has 33 heavy (non-hydrogen) atoms. The van der Waals surface area contributed by atoms with Crippen molar-refractivity contribution in [1.82, 2.24) is 15.3 Å². The second-order valence-corrected chi connectivity index (χ2v) is 9.38. The lowest BCUT2D eigenvalue weighted by molar-refractivity contribution is -0.00257. The Bertz CT molecular complexity index is 1040. The van der Waals surface area contributed by atoms with Gasteiger partial charge in [0.05, 0.1) is 22.4 Å². The molecule has 2 heterocycles. The van der Waals surface area contributed by atoms with E-state index in [-0.39, 0.29) is 35.3 Å². The zero-order chi connectivity index (χ0) is 24.2. The Kier molecular flexibility index (Phi) is 7.49. The first-order valence-electron chi connectivity index (χ1n) is 11.2. The second kappa shape index (κ2) is 10.1. The molecule has 8 nitrogen and oxygen atoms in total. The summed E-state index contributed by atoms with van der Waals surface area (Å²) in [6.45, 7) is 7.58. The maximum atomic E-state index is 14.2. The van der Waals surface area contributed by atoms with Crippen LogP contribution in [0.2, 0.25) is 0 Å². The number of halogens is 1. The molecule has 176 valence electrons. The molecule has 1 aliphatic carbocycles. The van der Waals surface area contributed by atoms with E-state index in [1.54, 1.807) is 6.07 Å². The number of hydrogen-bond donors (Lipinski definition) is 4. The molecule has 0 spiro atoms. The summed E-state index contributed by atoms with van der Waals surface area (Å²) in [7, 11) is 0. The average molecular weight is 455 g/mol. The van der Waals surface area contributed by atoms with Gasteiger partial charge in [0.15, 0.2) is 11.6 Å². The molecule has 4 N–H and O–H groups in total. The van der Waals surface area contributed by atoms with Crippen LogP contribution in [0.1, 0.15) is 69.3 Å². The molecular weight excluding hydrogens is 423 g/mol. The van der Waals surface area contributed by atoms with Crippen LogP contribution < -0.4 is 16.0 Å². The van der Waals surface area contributed by atoms with E-state index in [0.29, 0.717) is 17.1 Å². The summed E-state index contributed by atoms with van der Waals surface area (Å²) in [5.41, 5.74) is 0.377. The Morgan fingerprint density at radius 1 is 1.21 bits per heavy atom. The fourth-order valence-corrected chi connectivity index (χ4v) is 4.05. The molecule has 0 saturated heterocycles. The number of anilines is 3. The Labute approximate surface area is 193 Å². The number of nitrogens with zero attached hydrogens (tertiary/aromatic N) is 3. The number of hydrogen-bond acceptors (Lipinski definition) is 7. The molecule has 1 fully saturated rings. The monoisotopic (exact) mass is 454 g/mol. The second-order valence-electron chi connectivity index (χ2n) is 9.38. The quantitative estimate of drug-likeness (QED) is 0.496. The van der Waals surface area contributed by atoms with Crippen LogP contribution in [0, 0.1) is 23.1 Å². The van der Waals surface area contributed by atoms with Gasteiger partial charge < -0.3 is 21.1 Å². The molecule has 1 saturated carbocycles. The van der Waals surface area contributed by atoms with Crippen LogP contribution in [-0.2, 0) is 0 Å². The third-order valence-corrected chi connectivity index (χ3v) is 5.87. The minimum Gasteiger partial charge on any atom is -0.390 e. The first kappa shape index (κ1) is 24.4. The van der Waals surface area contributed by atoms with Gasteiger partial charge >= 0.3 is 0 Å². The first-order valence-corrected chi connectivity index (χ1v) is 11.2. The summed E-state index contributed by atoms with van der Waals surface area (Å²) in [4.78, 5) is 21.2. The SMILES string of the molecule is CC(C)Nc1cc(Nc2ncc(C#N)cc2F)ncc1C(=O)N[C@H]1CC[C@H](C(C)(C)O)CC1. The van der Waals surface area contributed by atoms with E-state index in [4.69, 9.17) is 5.26 Å². The molecule has 2 aromatic heterocycles. The zero-order valence-electron chi connectivity index (χ0n) is 19.4. The lowest BCUT2D eigenvalue weighted by Gasteiger charge is -2.36. The van der Waals surface area contributed by atoms with Crippen LogP contribution in [0.3, 0.4) is 0 Å². The number of rotatable bonds is 7. The lowest BCUT2D eigenvalue weighted by Crippen LogP contribution is -2.42. The third-order valence-electron chi connectivity index (χ3n) is 5.87. The van der Waals surface area contributed by atoms with Crippen molar-refractivity contribution < 1.29 is 14.3 Å². The summed E-state index contributed by atoms with van der Waals surface area (Å²) in [5.74, 6) is -0.411. The van der Waals surface area contributed by atoms with Gasteiger partial charge in [-0.15, -0.1) is 0 Å². The fourth-order valence-electron chi connectivity index (χ4n) is 4.05. The Morgan fingerprint density at radius 3 is 2.48 bits per heavy atom. The number of carbonyl (C=O) groups excluding carboxylic acids is 1. The van der Waals surface area contributed by atoms with Gasteiger partial charge in [-0.3, -0.25) is 4.79 Å². The van der Waals surface area contributed by atoms with E-state index in [9.17, 15) is 14.3 Å². The predicted octanol–water partition coefficient (Wildman–Crippen LogP) is 4.11. The minimum absolute atomic E-state index is 0.0396.